The Labute approximate surface area is 323 Å². The van der Waals surface area contributed by atoms with Crippen LogP contribution in [-0.2, 0) is 0 Å². The van der Waals surface area contributed by atoms with Crippen LogP contribution in [0.5, 0.6) is 11.5 Å². The number of benzene rings is 7. The predicted octanol–water partition coefficient (Wildman–Crippen LogP) is 12.3. The highest BCUT2D eigenvalue weighted by Crippen LogP contribution is 2.53. The van der Waals surface area contributed by atoms with Gasteiger partial charge in [-0.1, -0.05) is 72.8 Å². The van der Waals surface area contributed by atoms with E-state index in [1.54, 1.807) is 24.3 Å². The molecule has 0 aliphatic carbocycles. The molecule has 6 heteroatoms. The van der Waals surface area contributed by atoms with Gasteiger partial charge in [-0.3, -0.25) is 0 Å². The molecule has 0 aliphatic heterocycles. The molecule has 0 saturated carbocycles. The van der Waals surface area contributed by atoms with Crippen LogP contribution >= 0.6 is 21.8 Å². The van der Waals surface area contributed by atoms with E-state index in [4.69, 9.17) is 9.47 Å². The molecule has 0 atom stereocenters. The lowest BCUT2D eigenvalue weighted by molar-refractivity contribution is 0.0718. The van der Waals surface area contributed by atoms with E-state index in [1.807, 2.05) is 52.0 Å². The Kier molecular flexibility index (Phi) is 11.1. The van der Waals surface area contributed by atoms with Gasteiger partial charge in [-0.25, -0.2) is 9.59 Å². The van der Waals surface area contributed by atoms with Gasteiger partial charge in [0.25, 0.3) is 0 Å². The molecule has 0 unspecified atom stereocenters. The van der Waals surface area contributed by atoms with Gasteiger partial charge >= 0.3 is 11.9 Å². The second-order valence-corrected chi connectivity index (χ2v) is 17.6. The molecule has 0 saturated heterocycles. The molecule has 0 N–H and O–H groups in total. The van der Waals surface area contributed by atoms with Gasteiger partial charge in [0.15, 0.2) is 0 Å². The van der Waals surface area contributed by atoms with Crippen molar-refractivity contribution in [2.24, 2.45) is 0 Å². The second kappa shape index (κ2) is 16.5. The number of ether oxygens (including phenoxy) is 2. The minimum atomic E-state index is -0.796. The molecule has 0 fully saturated rings. The first-order valence-corrected chi connectivity index (χ1v) is 20.5. The summed E-state index contributed by atoms with van der Waals surface area (Å²) < 4.78 is 12.0. The Balaban J connectivity index is 1.07. The molecular weight excluding hydrogens is 705 g/mol. The number of rotatable bonds is 10. The van der Waals surface area contributed by atoms with Crippen molar-refractivity contribution in [3.63, 3.8) is 0 Å². The summed E-state index contributed by atoms with van der Waals surface area (Å²) in [6.45, 7) is 7.90. The van der Waals surface area contributed by atoms with Crippen LogP contribution in [0, 0.1) is 27.7 Å². The van der Waals surface area contributed by atoms with Crippen LogP contribution in [-0.4, -0.2) is 11.9 Å². The Hall–Kier alpha value is -5.82. The van der Waals surface area contributed by atoms with Crippen molar-refractivity contribution in [1.29, 1.82) is 0 Å². The normalized spacial score (nSPS) is 11.4. The van der Waals surface area contributed by atoms with Crippen LogP contribution in [0.4, 0.5) is 0 Å². The fraction of sp³-hybridized carbons (Fsp3) is 0.0833. The van der Waals surface area contributed by atoms with Crippen LogP contribution in [0.3, 0.4) is 0 Å². The lowest BCUT2D eigenvalue weighted by Gasteiger charge is -2.25. The zero-order chi connectivity index (χ0) is 37.6. The van der Waals surface area contributed by atoms with Crippen molar-refractivity contribution >= 4 is 33.7 Å². The third-order valence-corrected chi connectivity index (χ3v) is 14.0. The van der Waals surface area contributed by atoms with Crippen molar-refractivity contribution in [2.45, 2.75) is 57.1 Å². The molecule has 0 spiro atoms. The van der Waals surface area contributed by atoms with Gasteiger partial charge in [0, 0.05) is 0 Å². The summed E-state index contributed by atoms with van der Waals surface area (Å²) in [5.74, 6) is 0.109. The van der Waals surface area contributed by atoms with Crippen LogP contribution in [0.2, 0.25) is 0 Å². The van der Waals surface area contributed by atoms with E-state index in [1.165, 1.54) is 29.4 Å². The molecule has 54 heavy (non-hydrogen) atoms. The minimum Gasteiger partial charge on any atom is -0.422 e. The molecular formula is C48H42O4S2. The van der Waals surface area contributed by atoms with E-state index in [0.29, 0.717) is 22.6 Å². The van der Waals surface area contributed by atoms with Crippen molar-refractivity contribution in [3.8, 4) is 11.5 Å². The summed E-state index contributed by atoms with van der Waals surface area (Å²) in [6.07, 6.45) is 0. The predicted molar refractivity (Wildman–Crippen MR) is 222 cm³/mol. The fourth-order valence-corrected chi connectivity index (χ4v) is 11.6. The smallest absolute Gasteiger partial charge is 0.343 e. The third-order valence-electron chi connectivity index (χ3n) is 9.21. The zero-order valence-electron chi connectivity index (χ0n) is 30.7. The Morgan fingerprint density at radius 1 is 0.352 bits per heavy atom. The number of hydrogen-bond donors (Lipinski definition) is 2. The van der Waals surface area contributed by atoms with Crippen molar-refractivity contribution in [2.75, 3.05) is 0 Å². The second-order valence-electron chi connectivity index (χ2n) is 13.2. The topological polar surface area (TPSA) is 52.6 Å². The van der Waals surface area contributed by atoms with E-state index >= 15 is 0 Å². The minimum absolute atomic E-state index is 0.345. The SMILES string of the molecule is Cc1cc([SH](c2ccccc2)c2ccccc2)cc(C)c1OC(=O)c1ccc(C(=O)Oc2c(C)cc([SH](c3ccccc3)c3ccccc3)cc2C)cc1. The first kappa shape index (κ1) is 36.5. The molecule has 0 amide bonds. The maximum atomic E-state index is 13.4. The third kappa shape index (κ3) is 8.05. The van der Waals surface area contributed by atoms with Gasteiger partial charge in [-0.15, -0.1) is 0 Å². The molecule has 4 nitrogen and oxygen atoms in total. The number of carbonyl (C=O) groups excluding carboxylic acids is 2. The van der Waals surface area contributed by atoms with Crippen LogP contribution < -0.4 is 9.47 Å². The van der Waals surface area contributed by atoms with Crippen molar-refractivity contribution in [3.05, 3.63) is 203 Å². The van der Waals surface area contributed by atoms with Crippen molar-refractivity contribution in [1.82, 2.24) is 0 Å². The maximum Gasteiger partial charge on any atom is 0.343 e. The van der Waals surface area contributed by atoms with Gasteiger partial charge in [-0.2, -0.15) is 21.8 Å². The first-order chi connectivity index (χ1) is 26.3. The summed E-state index contributed by atoms with van der Waals surface area (Å²) in [4.78, 5) is 34.2. The molecule has 7 rings (SSSR count). The van der Waals surface area contributed by atoms with E-state index in [9.17, 15) is 9.59 Å². The highest BCUT2D eigenvalue weighted by atomic mass is 32.2. The quantitative estimate of drug-likeness (QED) is 0.0831. The molecule has 0 heterocycles. The first-order valence-electron chi connectivity index (χ1n) is 17.8. The molecule has 270 valence electrons. The number of carbonyl (C=O) groups is 2. The summed E-state index contributed by atoms with van der Waals surface area (Å²) in [5.41, 5.74) is 4.23. The van der Waals surface area contributed by atoms with Gasteiger partial charge in [0.05, 0.1) is 11.1 Å². The summed E-state index contributed by atoms with van der Waals surface area (Å²) in [6, 6.07) is 57.0. The largest absolute Gasteiger partial charge is 0.422 e. The van der Waals surface area contributed by atoms with Crippen LogP contribution in [0.1, 0.15) is 43.0 Å². The molecule has 0 bridgehead atoms. The molecule has 7 aromatic carbocycles. The average molecular weight is 747 g/mol. The van der Waals surface area contributed by atoms with Crippen LogP contribution in [0.15, 0.2) is 199 Å². The van der Waals surface area contributed by atoms with Crippen molar-refractivity contribution < 1.29 is 19.1 Å². The highest BCUT2D eigenvalue weighted by Gasteiger charge is 2.21. The average Bonchev–Trinajstić information content (AvgIpc) is 3.19. The van der Waals surface area contributed by atoms with Gasteiger partial charge < -0.3 is 9.47 Å². The van der Waals surface area contributed by atoms with Gasteiger partial charge in [0.1, 0.15) is 11.5 Å². The van der Waals surface area contributed by atoms with E-state index in [0.717, 1.165) is 22.3 Å². The Morgan fingerprint density at radius 2 is 0.593 bits per heavy atom. The van der Waals surface area contributed by atoms with Gasteiger partial charge in [-0.05, 0) is 176 Å². The standard InChI is InChI=1S/C48H42O4S2/c1-33-29-43(53(39-17-9-5-10-18-39)40-19-11-6-12-20-40)30-34(2)45(33)51-47(49)37-25-27-38(28-26-37)48(50)52-46-35(3)31-44(32-36(46)4)54(41-21-13-7-14-22-41)42-23-15-8-16-24-42/h5-32,53-54H,1-4H3. The lowest BCUT2D eigenvalue weighted by atomic mass is 10.1. The van der Waals surface area contributed by atoms with E-state index < -0.39 is 33.7 Å². The fourth-order valence-electron chi connectivity index (χ4n) is 6.68. The van der Waals surface area contributed by atoms with E-state index in [-0.39, 0.29) is 0 Å². The Morgan fingerprint density at radius 3 is 0.833 bits per heavy atom. The zero-order valence-corrected chi connectivity index (χ0v) is 32.5. The van der Waals surface area contributed by atoms with Crippen LogP contribution in [0.25, 0.3) is 0 Å². The highest BCUT2D eigenvalue weighted by molar-refractivity contribution is 8.17. The van der Waals surface area contributed by atoms with Gasteiger partial charge in [0.2, 0.25) is 0 Å². The van der Waals surface area contributed by atoms with E-state index in [2.05, 4.69) is 121 Å². The monoisotopic (exact) mass is 746 g/mol. The molecule has 7 aromatic rings. The summed E-state index contributed by atoms with van der Waals surface area (Å²) in [5, 5.41) is 0. The molecule has 0 radical (unpaired) electrons. The summed E-state index contributed by atoms with van der Waals surface area (Å²) >= 11 is 0. The lowest BCUT2D eigenvalue weighted by Crippen LogP contribution is -2.13. The molecule has 0 aliphatic rings. The summed E-state index contributed by atoms with van der Waals surface area (Å²) in [7, 11) is -1.59. The Bertz CT molecular complexity index is 2100. The number of hydrogen-bond acceptors (Lipinski definition) is 4. The number of aryl methyl sites for hydroxylation is 4. The maximum absolute atomic E-state index is 13.4. The number of thiol groups is 2. The molecule has 0 aromatic heterocycles. The number of esters is 2.